The molecular weight excluding hydrogens is 280 g/mol. The normalized spacial score (nSPS) is 12.5. The topological polar surface area (TPSA) is 143 Å². The van der Waals surface area contributed by atoms with Crippen molar-refractivity contribution in [2.75, 3.05) is 10.7 Å². The molecule has 0 aliphatic carbocycles. The van der Waals surface area contributed by atoms with Crippen LogP contribution in [0.5, 0.6) is 5.75 Å². The third-order valence-corrected chi connectivity index (χ3v) is 3.06. The van der Waals surface area contributed by atoms with Crippen LogP contribution in [0.3, 0.4) is 0 Å². The van der Waals surface area contributed by atoms with Crippen LogP contribution in [-0.4, -0.2) is 10.1 Å². The zero-order valence-corrected chi connectivity index (χ0v) is 12.2. The first-order valence-electron chi connectivity index (χ1n) is 6.59. The maximum Gasteiger partial charge on any atom is 0.127 e. The number of aromatic amines is 1. The van der Waals surface area contributed by atoms with Crippen LogP contribution >= 0.6 is 0 Å². The van der Waals surface area contributed by atoms with E-state index in [-0.39, 0.29) is 5.75 Å². The number of H-pyrrole nitrogens is 1. The van der Waals surface area contributed by atoms with Crippen molar-refractivity contribution in [3.05, 3.63) is 53.5 Å². The van der Waals surface area contributed by atoms with Crippen molar-refractivity contribution in [3.63, 3.8) is 0 Å². The maximum atomic E-state index is 10.1. The summed E-state index contributed by atoms with van der Waals surface area (Å²) in [5.41, 5.74) is 20.1. The van der Waals surface area contributed by atoms with Gasteiger partial charge in [0.1, 0.15) is 11.6 Å². The monoisotopic (exact) mass is 300 g/mol. The summed E-state index contributed by atoms with van der Waals surface area (Å²) in [6.45, 7) is 1.72. The molecule has 2 rings (SSSR count). The van der Waals surface area contributed by atoms with Gasteiger partial charge in [-0.25, -0.2) is 5.84 Å². The number of nitrogens with one attached hydrogen (secondary N) is 1. The fourth-order valence-corrected chi connectivity index (χ4v) is 1.98. The van der Waals surface area contributed by atoms with Gasteiger partial charge in [-0.2, -0.15) is 0 Å². The fraction of sp³-hybridized carbons (Fsp3) is 0.0667. The van der Waals surface area contributed by atoms with Crippen LogP contribution in [0.1, 0.15) is 18.1 Å². The molecule has 0 aliphatic heterocycles. The molecule has 0 unspecified atom stereocenters. The average Bonchev–Trinajstić information content (AvgIpc) is 2.83. The number of nitrogens with two attached hydrogens (primary N) is 4. The number of aromatic hydroxyl groups is 1. The highest BCUT2D eigenvalue weighted by Gasteiger charge is 2.08. The highest BCUT2D eigenvalue weighted by molar-refractivity contribution is 5.85. The Hall–Kier alpha value is -3.06. The van der Waals surface area contributed by atoms with E-state index in [4.69, 9.17) is 23.0 Å². The first-order valence-corrected chi connectivity index (χ1v) is 6.59. The van der Waals surface area contributed by atoms with Crippen molar-refractivity contribution in [1.82, 2.24) is 4.98 Å². The molecule has 0 spiro atoms. The Kier molecular flexibility index (Phi) is 4.28. The second-order valence-electron chi connectivity index (χ2n) is 4.93. The molecule has 0 amide bonds. The summed E-state index contributed by atoms with van der Waals surface area (Å²) in [4.78, 5) is 2.86. The molecule has 0 saturated carbocycles. The smallest absolute Gasteiger partial charge is 0.127 e. The van der Waals surface area contributed by atoms with Crippen LogP contribution in [0.4, 0.5) is 11.5 Å². The van der Waals surface area contributed by atoms with Gasteiger partial charge in [-0.1, -0.05) is 0 Å². The number of nitrogens with zero attached hydrogens (tertiary/aromatic N) is 1. The minimum atomic E-state index is 0.0129. The molecule has 7 nitrogen and oxygen atoms in total. The number of hydrogen-bond donors (Lipinski definition) is 6. The molecule has 0 saturated heterocycles. The maximum absolute atomic E-state index is 10.1. The minimum absolute atomic E-state index is 0.0129. The minimum Gasteiger partial charge on any atom is -0.507 e. The second-order valence-corrected chi connectivity index (χ2v) is 4.93. The van der Waals surface area contributed by atoms with E-state index < -0.39 is 0 Å². The van der Waals surface area contributed by atoms with E-state index in [9.17, 15) is 5.11 Å². The van der Waals surface area contributed by atoms with Crippen molar-refractivity contribution < 1.29 is 5.11 Å². The van der Waals surface area contributed by atoms with Gasteiger partial charge in [0.15, 0.2) is 0 Å². The van der Waals surface area contributed by atoms with Crippen LogP contribution in [0, 0.1) is 0 Å². The molecule has 2 aromatic rings. The summed E-state index contributed by atoms with van der Waals surface area (Å²) < 4.78 is 0. The van der Waals surface area contributed by atoms with Crippen LogP contribution < -0.4 is 28.1 Å². The number of nitrogen functional groups attached to an aromatic ring is 1. The van der Waals surface area contributed by atoms with Gasteiger partial charge in [-0.15, -0.1) is 0 Å². The van der Waals surface area contributed by atoms with Crippen LogP contribution in [-0.2, 0) is 0 Å². The lowest BCUT2D eigenvalue weighted by atomic mass is 10.1. The summed E-state index contributed by atoms with van der Waals surface area (Å²) in [7, 11) is 0. The van der Waals surface area contributed by atoms with Gasteiger partial charge in [-0.3, -0.25) is 5.01 Å². The summed E-state index contributed by atoms with van der Waals surface area (Å²) in [6.07, 6.45) is 4.95. The van der Waals surface area contributed by atoms with E-state index in [1.807, 2.05) is 0 Å². The Balaban J connectivity index is 2.32. The molecule has 0 atom stereocenters. The van der Waals surface area contributed by atoms with Crippen molar-refractivity contribution in [1.29, 1.82) is 0 Å². The van der Waals surface area contributed by atoms with E-state index in [0.717, 1.165) is 5.56 Å². The SMILES string of the molecule is C/C(N)=C/N(N)c1ccc(/C(N)=C/c2cc[nH]c2N)c(O)c1. The van der Waals surface area contributed by atoms with E-state index in [1.165, 1.54) is 11.1 Å². The third kappa shape index (κ3) is 3.33. The summed E-state index contributed by atoms with van der Waals surface area (Å²) in [6, 6.07) is 6.72. The Morgan fingerprint density at radius 1 is 1.27 bits per heavy atom. The summed E-state index contributed by atoms with van der Waals surface area (Å²) >= 11 is 0. The molecule has 0 fully saturated rings. The Labute approximate surface area is 128 Å². The summed E-state index contributed by atoms with van der Waals surface area (Å²) in [5, 5.41) is 11.5. The van der Waals surface area contributed by atoms with Gasteiger partial charge in [-0.05, 0) is 31.2 Å². The molecule has 1 aromatic heterocycles. The van der Waals surface area contributed by atoms with E-state index in [0.29, 0.717) is 28.5 Å². The zero-order valence-electron chi connectivity index (χ0n) is 12.2. The Morgan fingerprint density at radius 3 is 2.55 bits per heavy atom. The number of aromatic nitrogens is 1. The molecular formula is C15H20N6O. The number of benzene rings is 1. The Bertz CT molecular complexity index is 727. The number of hydrogen-bond acceptors (Lipinski definition) is 6. The zero-order chi connectivity index (χ0) is 16.3. The molecule has 0 radical (unpaired) electrons. The van der Waals surface area contributed by atoms with Crippen LogP contribution in [0.15, 0.2) is 42.4 Å². The van der Waals surface area contributed by atoms with Crippen molar-refractivity contribution in [2.45, 2.75) is 6.92 Å². The van der Waals surface area contributed by atoms with Gasteiger partial charge in [0.05, 0.1) is 5.69 Å². The van der Waals surface area contributed by atoms with E-state index in [1.54, 1.807) is 43.6 Å². The predicted octanol–water partition coefficient (Wildman–Crippen LogP) is 1.26. The van der Waals surface area contributed by atoms with Crippen molar-refractivity contribution >= 4 is 23.3 Å². The number of phenolic OH excluding ortho intramolecular Hbond substituents is 1. The molecule has 0 bridgehead atoms. The van der Waals surface area contributed by atoms with Gasteiger partial charge >= 0.3 is 0 Å². The second kappa shape index (κ2) is 6.15. The molecule has 22 heavy (non-hydrogen) atoms. The van der Waals surface area contributed by atoms with Gasteiger partial charge in [0.2, 0.25) is 0 Å². The van der Waals surface area contributed by atoms with E-state index >= 15 is 0 Å². The Morgan fingerprint density at radius 2 is 2.00 bits per heavy atom. The summed E-state index contributed by atoms with van der Waals surface area (Å²) in [5.74, 6) is 6.34. The lowest BCUT2D eigenvalue weighted by Crippen LogP contribution is -2.25. The van der Waals surface area contributed by atoms with Crippen LogP contribution in [0.25, 0.3) is 11.8 Å². The quantitative estimate of drug-likeness (QED) is 0.370. The third-order valence-electron chi connectivity index (χ3n) is 3.06. The molecule has 1 heterocycles. The van der Waals surface area contributed by atoms with Gasteiger partial charge in [0.25, 0.3) is 0 Å². The molecule has 1 aromatic carbocycles. The van der Waals surface area contributed by atoms with Gasteiger partial charge in [0, 0.05) is 41.0 Å². The number of phenols is 1. The molecule has 116 valence electrons. The van der Waals surface area contributed by atoms with E-state index in [2.05, 4.69) is 4.98 Å². The average molecular weight is 300 g/mol. The number of hydrazine groups is 1. The number of anilines is 2. The largest absolute Gasteiger partial charge is 0.507 e. The fourth-order valence-electron chi connectivity index (χ4n) is 1.98. The molecule has 7 heteroatoms. The van der Waals surface area contributed by atoms with Crippen LogP contribution in [0.2, 0.25) is 0 Å². The van der Waals surface area contributed by atoms with Crippen molar-refractivity contribution in [3.8, 4) is 5.75 Å². The lowest BCUT2D eigenvalue weighted by Gasteiger charge is -2.16. The van der Waals surface area contributed by atoms with Crippen molar-refractivity contribution in [2.24, 2.45) is 17.3 Å². The lowest BCUT2D eigenvalue weighted by molar-refractivity contribution is 0.473. The van der Waals surface area contributed by atoms with Gasteiger partial charge < -0.3 is 27.3 Å². The first-order chi connectivity index (χ1) is 10.4. The number of rotatable bonds is 4. The highest BCUT2D eigenvalue weighted by atomic mass is 16.3. The molecule has 10 N–H and O–H groups in total. The first kappa shape index (κ1) is 15.3. The number of allylic oxidation sites excluding steroid dienone is 1. The molecule has 0 aliphatic rings. The standard InChI is InChI=1S/C15H20N6O/c1-9(16)8-21(19)11-2-3-12(14(22)7-11)13(17)6-10-4-5-20-15(10)18/h2-8,20,22H,16-19H2,1H3/b9-8-,13-6-. The predicted molar refractivity (Wildman–Crippen MR) is 90.0 cm³/mol. The highest BCUT2D eigenvalue weighted by Crippen LogP contribution is 2.28.